The fourth-order valence-corrected chi connectivity index (χ4v) is 4.14. The quantitative estimate of drug-likeness (QED) is 0.312. The maximum atomic E-state index is 14.7. The van der Waals surface area contributed by atoms with Gasteiger partial charge >= 0.3 is 16.5 Å². The summed E-state index contributed by atoms with van der Waals surface area (Å²) in [5.41, 5.74) is -0.639. The van der Waals surface area contributed by atoms with Crippen molar-refractivity contribution in [2.75, 3.05) is 29.9 Å². The number of hydrogen-bond acceptors (Lipinski definition) is 10. The molecular formula is C25H26F2N6O6S. The van der Waals surface area contributed by atoms with Crippen LogP contribution in [0.25, 0.3) is 0 Å². The summed E-state index contributed by atoms with van der Waals surface area (Å²) < 4.78 is 53.3. The van der Waals surface area contributed by atoms with Crippen LogP contribution >= 0.6 is 0 Å². The van der Waals surface area contributed by atoms with E-state index in [9.17, 15) is 26.8 Å². The van der Waals surface area contributed by atoms with E-state index < -0.39 is 52.2 Å². The lowest BCUT2D eigenvalue weighted by atomic mass is 10.0. The number of carboxylic acids is 1. The van der Waals surface area contributed by atoms with E-state index in [4.69, 9.17) is 10.2 Å². The Labute approximate surface area is 229 Å². The molecule has 2 aromatic carbocycles. The van der Waals surface area contributed by atoms with E-state index in [1.165, 1.54) is 6.07 Å². The minimum atomic E-state index is -3.01. The smallest absolute Gasteiger partial charge is 0.331 e. The molecule has 0 saturated carbocycles. The largest absolute Gasteiger partial charge is 0.508 e. The molecule has 1 amide bonds. The fourth-order valence-electron chi connectivity index (χ4n) is 3.77. The lowest BCUT2D eigenvalue weighted by Crippen LogP contribution is -2.40. The molecule has 1 fully saturated rings. The number of nitrogens with zero attached hydrogens (tertiary/aromatic N) is 4. The topological polar surface area (TPSA) is 174 Å². The number of amides is 1. The molecule has 40 heavy (non-hydrogen) atoms. The van der Waals surface area contributed by atoms with E-state index >= 15 is 0 Å². The Morgan fingerprint density at radius 3 is 2.23 bits per heavy atom. The van der Waals surface area contributed by atoms with Crippen molar-refractivity contribution in [3.8, 4) is 5.75 Å². The Morgan fingerprint density at radius 2 is 1.68 bits per heavy atom. The summed E-state index contributed by atoms with van der Waals surface area (Å²) in [6, 6.07) is 11.1. The number of hydrogen-bond donors (Lipinski definition) is 4. The van der Waals surface area contributed by atoms with Gasteiger partial charge in [0.05, 0.1) is 17.8 Å². The summed E-state index contributed by atoms with van der Waals surface area (Å²) in [6.07, 6.45) is 4.48. The highest BCUT2D eigenvalue weighted by molar-refractivity contribution is 7.61. The zero-order valence-corrected chi connectivity index (χ0v) is 21.8. The first-order valence-electron chi connectivity index (χ1n) is 12.0. The number of carbonyl (C=O) groups is 2. The SMILES string of the molecule is O=C(NC[C@H](N=S(=O)=O)C(=O)O)c1ccc(N2CCC(Nc3ncccn3)CC2)c(F)c1F.Oc1ccccc1. The second kappa shape index (κ2) is 14.5. The van der Waals surface area contributed by atoms with Gasteiger partial charge in [0.15, 0.2) is 17.7 Å². The van der Waals surface area contributed by atoms with Crippen molar-refractivity contribution in [2.24, 2.45) is 4.36 Å². The van der Waals surface area contributed by atoms with Crippen molar-refractivity contribution in [2.45, 2.75) is 24.9 Å². The minimum Gasteiger partial charge on any atom is -0.508 e. The molecule has 1 saturated heterocycles. The number of aromatic hydroxyl groups is 1. The molecule has 0 radical (unpaired) electrons. The van der Waals surface area contributed by atoms with Gasteiger partial charge in [-0.15, -0.1) is 0 Å². The molecule has 3 aromatic rings. The van der Waals surface area contributed by atoms with Crippen molar-refractivity contribution in [1.82, 2.24) is 15.3 Å². The molecule has 2 heterocycles. The predicted octanol–water partition coefficient (Wildman–Crippen LogP) is 2.47. The maximum Gasteiger partial charge on any atom is 0.331 e. The normalized spacial score (nSPS) is 13.8. The average Bonchev–Trinajstić information content (AvgIpc) is 2.94. The predicted molar refractivity (Wildman–Crippen MR) is 140 cm³/mol. The van der Waals surface area contributed by atoms with Crippen LogP contribution in [0.1, 0.15) is 23.2 Å². The minimum absolute atomic E-state index is 0.00127. The van der Waals surface area contributed by atoms with Gasteiger partial charge in [0.1, 0.15) is 5.75 Å². The molecule has 15 heteroatoms. The van der Waals surface area contributed by atoms with Crippen LogP contribution in [0.4, 0.5) is 20.4 Å². The van der Waals surface area contributed by atoms with Crippen molar-refractivity contribution in [3.05, 3.63) is 78.1 Å². The molecule has 1 atom stereocenters. The van der Waals surface area contributed by atoms with Crippen molar-refractivity contribution in [1.29, 1.82) is 0 Å². The lowest BCUT2D eigenvalue weighted by Gasteiger charge is -2.34. The van der Waals surface area contributed by atoms with Crippen molar-refractivity contribution in [3.63, 3.8) is 0 Å². The van der Waals surface area contributed by atoms with Crippen LogP contribution < -0.4 is 15.5 Å². The van der Waals surface area contributed by atoms with Gasteiger partial charge in [0, 0.05) is 31.5 Å². The number of phenols is 1. The first-order chi connectivity index (χ1) is 19.2. The number of carbonyl (C=O) groups excluding carboxylic acids is 1. The number of para-hydroxylation sites is 1. The highest BCUT2D eigenvalue weighted by Gasteiger charge is 2.26. The Morgan fingerprint density at radius 1 is 1.02 bits per heavy atom. The standard InChI is InChI=1S/C19H20F2N6O5S.C6H6O/c20-15-12(17(28)24-10-13(18(29)30)26-33(31)32)2-3-14(16(15)21)27-8-4-11(5-9-27)25-19-22-6-1-7-23-19;7-6-4-2-1-3-5-6/h1-3,6-7,11,13H,4-5,8-10H2,(H,24,28)(H,29,30)(H,22,23,25);1-5,7H/t13-;/m0./s1. The summed E-state index contributed by atoms with van der Waals surface area (Å²) in [5, 5.41) is 22.8. The molecule has 0 bridgehead atoms. The number of phenolic OH excluding ortho intramolecular Hbond substituents is 1. The third-order valence-corrected chi connectivity index (χ3v) is 6.18. The number of benzene rings is 2. The Kier molecular flexibility index (Phi) is 10.8. The third-order valence-electron chi connectivity index (χ3n) is 5.75. The number of piperidine rings is 1. The van der Waals surface area contributed by atoms with E-state index in [0.717, 1.165) is 6.07 Å². The molecule has 0 unspecified atom stereocenters. The fraction of sp³-hybridized carbons (Fsp3) is 0.280. The van der Waals surface area contributed by atoms with Gasteiger partial charge in [-0.05, 0) is 43.2 Å². The van der Waals surface area contributed by atoms with E-state index in [1.807, 2.05) is 6.07 Å². The lowest BCUT2D eigenvalue weighted by molar-refractivity contribution is -0.138. The molecule has 1 aliphatic rings. The van der Waals surface area contributed by atoms with Gasteiger partial charge in [-0.1, -0.05) is 18.2 Å². The van der Waals surface area contributed by atoms with Crippen molar-refractivity contribution >= 4 is 34.0 Å². The van der Waals surface area contributed by atoms with E-state index in [0.29, 0.717) is 37.6 Å². The second-order valence-electron chi connectivity index (χ2n) is 8.46. The summed E-state index contributed by atoms with van der Waals surface area (Å²) >= 11 is 0. The monoisotopic (exact) mass is 576 g/mol. The second-order valence-corrected chi connectivity index (χ2v) is 9.11. The van der Waals surface area contributed by atoms with E-state index in [-0.39, 0.29) is 11.7 Å². The average molecular weight is 577 g/mol. The molecule has 4 rings (SSSR count). The van der Waals surface area contributed by atoms with Gasteiger partial charge < -0.3 is 25.7 Å². The van der Waals surface area contributed by atoms with Crippen LogP contribution in [0.3, 0.4) is 0 Å². The third kappa shape index (κ3) is 8.69. The summed E-state index contributed by atoms with van der Waals surface area (Å²) in [5.74, 6) is -4.48. The van der Waals surface area contributed by atoms with Crippen LogP contribution in [0.15, 0.2) is 65.3 Å². The zero-order valence-electron chi connectivity index (χ0n) is 20.9. The molecular weight excluding hydrogens is 550 g/mol. The van der Waals surface area contributed by atoms with Crippen LogP contribution in [-0.2, 0) is 15.3 Å². The molecule has 212 valence electrons. The number of carboxylic acid groups (broad SMARTS) is 1. The Bertz CT molecular complexity index is 1430. The van der Waals surface area contributed by atoms with Crippen LogP contribution in [0, 0.1) is 11.6 Å². The zero-order chi connectivity index (χ0) is 29.1. The molecule has 12 nitrogen and oxygen atoms in total. The van der Waals surface area contributed by atoms with Crippen LogP contribution in [0.5, 0.6) is 5.75 Å². The number of aliphatic carboxylic acids is 1. The number of anilines is 2. The first-order valence-corrected chi connectivity index (χ1v) is 13.0. The molecule has 1 aromatic heterocycles. The number of aromatic nitrogens is 2. The number of halogens is 2. The Hall–Kier alpha value is -4.66. The summed E-state index contributed by atoms with van der Waals surface area (Å²) in [7, 11) is -3.01. The van der Waals surface area contributed by atoms with Gasteiger partial charge in [-0.3, -0.25) is 4.79 Å². The van der Waals surface area contributed by atoms with Gasteiger partial charge in [0.2, 0.25) is 5.95 Å². The molecule has 4 N–H and O–H groups in total. The maximum absolute atomic E-state index is 14.7. The van der Waals surface area contributed by atoms with Gasteiger partial charge in [0.25, 0.3) is 5.91 Å². The first kappa shape index (κ1) is 29.9. The highest BCUT2D eigenvalue weighted by atomic mass is 32.2. The van der Waals surface area contributed by atoms with Crippen LogP contribution in [0.2, 0.25) is 0 Å². The van der Waals surface area contributed by atoms with Crippen molar-refractivity contribution < 1.29 is 37.0 Å². The molecule has 0 spiro atoms. The number of rotatable bonds is 8. The van der Waals surface area contributed by atoms with Crippen LogP contribution in [-0.4, -0.2) is 72.2 Å². The van der Waals surface area contributed by atoms with Gasteiger partial charge in [-0.2, -0.15) is 12.8 Å². The van der Waals surface area contributed by atoms with Gasteiger partial charge in [-0.25, -0.2) is 23.5 Å². The molecule has 0 aliphatic carbocycles. The number of nitrogens with one attached hydrogen (secondary N) is 2. The summed E-state index contributed by atoms with van der Waals surface area (Å²) in [6.45, 7) is 0.150. The highest BCUT2D eigenvalue weighted by Crippen LogP contribution is 2.27. The van der Waals surface area contributed by atoms with E-state index in [2.05, 4.69) is 25.0 Å². The van der Waals surface area contributed by atoms with E-state index in [1.54, 1.807) is 47.6 Å². The molecule has 1 aliphatic heterocycles. The Balaban J connectivity index is 0.000000547. The summed E-state index contributed by atoms with van der Waals surface area (Å²) in [4.78, 5) is 33.0.